The van der Waals surface area contributed by atoms with E-state index in [-0.39, 0.29) is 5.57 Å². The Hall–Kier alpha value is -3.69. The molecule has 2 aromatic carbocycles. The maximum atomic E-state index is 13.6. The Balaban J connectivity index is 1.61. The molecule has 5 rings (SSSR count). The Labute approximate surface area is 229 Å². The van der Waals surface area contributed by atoms with Gasteiger partial charge in [-0.2, -0.15) is 0 Å². The van der Waals surface area contributed by atoms with Crippen molar-refractivity contribution in [1.82, 2.24) is 4.98 Å². The summed E-state index contributed by atoms with van der Waals surface area (Å²) in [6, 6.07) is 13.8. The summed E-state index contributed by atoms with van der Waals surface area (Å²) in [5, 5.41) is 13.2. The minimum Gasteiger partial charge on any atom is -0.503 e. The molecular weight excluding hydrogens is 520 g/mol. The molecule has 0 bridgehead atoms. The first kappa shape index (κ1) is 25.9. The number of carbonyl (C=O) groups is 2. The quantitative estimate of drug-likeness (QED) is 0.229. The Morgan fingerprint density at radius 1 is 1.16 bits per heavy atom. The Morgan fingerprint density at radius 2 is 1.97 bits per heavy atom. The van der Waals surface area contributed by atoms with E-state index >= 15 is 0 Å². The smallest absolute Gasteiger partial charge is 0.296 e. The van der Waals surface area contributed by atoms with Gasteiger partial charge in [0.05, 0.1) is 40.4 Å². The zero-order chi connectivity index (χ0) is 27.0. The summed E-state index contributed by atoms with van der Waals surface area (Å²) in [6.07, 6.45) is 0.892. The maximum absolute atomic E-state index is 13.6. The van der Waals surface area contributed by atoms with Gasteiger partial charge >= 0.3 is 0 Å². The summed E-state index contributed by atoms with van der Waals surface area (Å²) < 4.78 is 12.5. The number of carbonyl (C=O) groups excluding carboxylic acids is 2. The van der Waals surface area contributed by atoms with Gasteiger partial charge in [0.2, 0.25) is 5.78 Å². The lowest BCUT2D eigenvalue weighted by atomic mass is 9.95. The molecule has 0 saturated heterocycles. The molecular formula is C29H28N2O5S2. The molecule has 0 saturated carbocycles. The number of Topliss-reactive ketones (excluding diaryl/α,β-unsaturated/α-hetero) is 1. The number of rotatable bonds is 9. The highest BCUT2D eigenvalue weighted by molar-refractivity contribution is 7.22. The first-order valence-corrected chi connectivity index (χ1v) is 14.0. The normalized spacial score (nSPS) is 15.7. The van der Waals surface area contributed by atoms with E-state index in [1.165, 1.54) is 27.6 Å². The average Bonchev–Trinajstić information content (AvgIpc) is 3.62. The molecule has 7 nitrogen and oxygen atoms in total. The van der Waals surface area contributed by atoms with Crippen LogP contribution in [0.3, 0.4) is 0 Å². The van der Waals surface area contributed by atoms with E-state index < -0.39 is 23.5 Å². The standard InChI is InChI=1S/C29H28N2O5S2/c1-16(2)11-12-36-20-10-8-18(15-21(20)35-4)25-24(26(32)22-6-5-13-37-22)27(33)28(34)31(25)29-30-19-9-7-17(3)14-23(19)38-29/h5-10,13-16,25,33H,11-12H2,1-4H3. The van der Waals surface area contributed by atoms with Gasteiger partial charge in [0, 0.05) is 0 Å². The van der Waals surface area contributed by atoms with Crippen LogP contribution in [-0.4, -0.2) is 35.5 Å². The number of thiophene rings is 1. The number of aromatic nitrogens is 1. The molecule has 38 heavy (non-hydrogen) atoms. The molecule has 4 aromatic rings. The molecule has 1 N–H and O–H groups in total. The van der Waals surface area contributed by atoms with Crippen molar-refractivity contribution in [2.75, 3.05) is 18.6 Å². The Bertz CT molecular complexity index is 1540. The topological polar surface area (TPSA) is 89.0 Å². The number of anilines is 1. The van der Waals surface area contributed by atoms with Crippen LogP contribution in [0.15, 0.2) is 65.2 Å². The number of nitrogens with zero attached hydrogens (tertiary/aromatic N) is 2. The van der Waals surface area contributed by atoms with Gasteiger partial charge in [-0.15, -0.1) is 11.3 Å². The van der Waals surface area contributed by atoms with Gasteiger partial charge in [0.15, 0.2) is 22.4 Å². The maximum Gasteiger partial charge on any atom is 0.296 e. The second-order valence-corrected chi connectivity index (χ2v) is 11.5. The van der Waals surface area contributed by atoms with E-state index in [0.717, 1.165) is 22.2 Å². The first-order chi connectivity index (χ1) is 18.3. The molecule has 0 fully saturated rings. The summed E-state index contributed by atoms with van der Waals surface area (Å²) in [5.41, 5.74) is 2.43. The number of aryl methyl sites for hydroxylation is 1. The third-order valence-corrected chi connectivity index (χ3v) is 8.28. The number of ether oxygens (including phenoxy) is 2. The predicted molar refractivity (Wildman–Crippen MR) is 151 cm³/mol. The fourth-order valence-electron chi connectivity index (χ4n) is 4.39. The van der Waals surface area contributed by atoms with Crippen LogP contribution in [0.5, 0.6) is 11.5 Å². The van der Waals surface area contributed by atoms with E-state index in [1.807, 2.05) is 25.1 Å². The summed E-state index contributed by atoms with van der Waals surface area (Å²) in [6.45, 7) is 6.79. The van der Waals surface area contributed by atoms with Crippen molar-refractivity contribution in [3.8, 4) is 11.5 Å². The van der Waals surface area contributed by atoms with Crippen molar-refractivity contribution in [1.29, 1.82) is 0 Å². The molecule has 196 valence electrons. The minimum absolute atomic E-state index is 0.0171. The van der Waals surface area contributed by atoms with Crippen molar-refractivity contribution in [3.05, 3.63) is 81.2 Å². The van der Waals surface area contributed by atoms with Crippen molar-refractivity contribution < 1.29 is 24.2 Å². The van der Waals surface area contributed by atoms with Crippen LogP contribution in [0.1, 0.15) is 47.1 Å². The Kier molecular flexibility index (Phi) is 7.23. The van der Waals surface area contributed by atoms with Gasteiger partial charge in [-0.1, -0.05) is 43.4 Å². The molecule has 1 atom stereocenters. The highest BCUT2D eigenvalue weighted by Gasteiger charge is 2.46. The van der Waals surface area contributed by atoms with Crippen molar-refractivity contribution in [2.24, 2.45) is 5.92 Å². The third-order valence-electron chi connectivity index (χ3n) is 6.39. The predicted octanol–water partition coefficient (Wildman–Crippen LogP) is 6.88. The van der Waals surface area contributed by atoms with Crippen LogP contribution in [-0.2, 0) is 4.79 Å². The highest BCUT2D eigenvalue weighted by Crippen LogP contribution is 2.46. The van der Waals surface area contributed by atoms with Gasteiger partial charge in [0.25, 0.3) is 5.91 Å². The molecule has 0 spiro atoms. The number of hydrogen-bond acceptors (Lipinski definition) is 8. The summed E-state index contributed by atoms with van der Waals surface area (Å²) >= 11 is 2.60. The number of amides is 1. The van der Waals surface area contributed by atoms with E-state index in [9.17, 15) is 14.7 Å². The number of ketones is 1. The average molecular weight is 549 g/mol. The molecule has 1 aliphatic rings. The monoisotopic (exact) mass is 548 g/mol. The summed E-state index contributed by atoms with van der Waals surface area (Å²) in [5.74, 6) is -0.0844. The second-order valence-electron chi connectivity index (χ2n) is 9.56. The third kappa shape index (κ3) is 4.79. The lowest BCUT2D eigenvalue weighted by Gasteiger charge is -2.25. The van der Waals surface area contributed by atoms with Crippen LogP contribution in [0.25, 0.3) is 10.2 Å². The lowest BCUT2D eigenvalue weighted by Crippen LogP contribution is -2.31. The summed E-state index contributed by atoms with van der Waals surface area (Å²) in [7, 11) is 1.55. The van der Waals surface area contributed by atoms with Gasteiger partial charge < -0.3 is 14.6 Å². The SMILES string of the molecule is COc1cc(C2C(C(=O)c3cccs3)=C(O)C(=O)N2c2nc3ccc(C)cc3s2)ccc1OCCC(C)C. The van der Waals surface area contributed by atoms with Crippen LogP contribution in [0, 0.1) is 12.8 Å². The van der Waals surface area contributed by atoms with E-state index in [4.69, 9.17) is 14.5 Å². The van der Waals surface area contributed by atoms with E-state index in [0.29, 0.717) is 39.6 Å². The number of hydrogen-bond donors (Lipinski definition) is 1. The molecule has 0 aliphatic carbocycles. The van der Waals surface area contributed by atoms with Crippen molar-refractivity contribution in [2.45, 2.75) is 33.2 Å². The van der Waals surface area contributed by atoms with E-state index in [2.05, 4.69) is 13.8 Å². The molecule has 1 unspecified atom stereocenters. The lowest BCUT2D eigenvalue weighted by molar-refractivity contribution is -0.117. The minimum atomic E-state index is -0.891. The largest absolute Gasteiger partial charge is 0.503 e. The van der Waals surface area contributed by atoms with Crippen molar-refractivity contribution in [3.63, 3.8) is 0 Å². The molecule has 9 heteroatoms. The molecule has 0 radical (unpaired) electrons. The Morgan fingerprint density at radius 3 is 2.68 bits per heavy atom. The number of fused-ring (bicyclic) bond motifs is 1. The number of methoxy groups -OCH3 is 1. The highest BCUT2D eigenvalue weighted by atomic mass is 32.1. The number of aliphatic hydroxyl groups is 1. The first-order valence-electron chi connectivity index (χ1n) is 12.3. The van der Waals surface area contributed by atoms with Gasteiger partial charge in [-0.3, -0.25) is 14.5 Å². The molecule has 2 aromatic heterocycles. The molecule has 3 heterocycles. The van der Waals surface area contributed by atoms with Crippen LogP contribution in [0.4, 0.5) is 5.13 Å². The number of benzene rings is 2. The van der Waals surface area contributed by atoms with Crippen LogP contribution < -0.4 is 14.4 Å². The second kappa shape index (κ2) is 10.6. The van der Waals surface area contributed by atoms with Crippen LogP contribution >= 0.6 is 22.7 Å². The zero-order valence-corrected chi connectivity index (χ0v) is 23.2. The fourth-order valence-corrected chi connectivity index (χ4v) is 6.16. The van der Waals surface area contributed by atoms with Crippen molar-refractivity contribution >= 4 is 49.7 Å². The van der Waals surface area contributed by atoms with Crippen LogP contribution in [0.2, 0.25) is 0 Å². The van der Waals surface area contributed by atoms with E-state index in [1.54, 1.807) is 42.8 Å². The van der Waals surface area contributed by atoms with Gasteiger partial charge in [-0.25, -0.2) is 4.98 Å². The molecule has 1 aliphatic heterocycles. The zero-order valence-electron chi connectivity index (χ0n) is 21.6. The number of thiazole rings is 1. The summed E-state index contributed by atoms with van der Waals surface area (Å²) in [4.78, 5) is 33.7. The van der Waals surface area contributed by atoms with Gasteiger partial charge in [-0.05, 0) is 66.1 Å². The molecule has 1 amide bonds. The fraction of sp³-hybridized carbons (Fsp3) is 0.276. The number of aliphatic hydroxyl groups excluding tert-OH is 1. The van der Waals surface area contributed by atoms with Gasteiger partial charge in [0.1, 0.15) is 0 Å².